The molecule has 4 aromatic rings. The molecule has 2 amide bonds. The molecule has 0 unspecified atom stereocenters. The second-order valence-electron chi connectivity index (χ2n) is 18.3. The van der Waals surface area contributed by atoms with Crippen molar-refractivity contribution in [3.8, 4) is 11.5 Å². The smallest absolute Gasteiger partial charge is 0.410 e. The maximum atomic E-state index is 12.5. The zero-order valence-electron chi connectivity index (χ0n) is 37.0. The number of nitrogens with one attached hydrogen (secondary N) is 2. The Kier molecular flexibility index (Phi) is 15.4. The Morgan fingerprint density at radius 2 is 0.885 bits per heavy atom. The van der Waals surface area contributed by atoms with Crippen molar-refractivity contribution < 1.29 is 28.5 Å². The first-order valence-corrected chi connectivity index (χ1v) is 22.1. The Bertz CT molecular complexity index is 2060. The molecule has 0 bridgehead atoms. The van der Waals surface area contributed by atoms with Gasteiger partial charge in [-0.05, 0) is 91.7 Å². The summed E-state index contributed by atoms with van der Waals surface area (Å²) in [6.07, 6.45) is 3.59. The van der Waals surface area contributed by atoms with E-state index in [-0.39, 0.29) is 30.7 Å². The quantitative estimate of drug-likeness (QED) is 0.196. The number of carbonyl (C=O) groups is 2. The molecule has 13 heteroatoms. The second-order valence-corrected chi connectivity index (χ2v) is 18.3. The van der Waals surface area contributed by atoms with Gasteiger partial charge >= 0.3 is 12.2 Å². The molecular formula is C48H67ClN6O6. The molecule has 332 valence electrons. The van der Waals surface area contributed by atoms with Crippen molar-refractivity contribution in [2.75, 3.05) is 88.3 Å². The van der Waals surface area contributed by atoms with Crippen molar-refractivity contribution in [2.45, 2.75) is 90.6 Å². The first kappa shape index (κ1) is 45.9. The maximum absolute atomic E-state index is 12.5. The summed E-state index contributed by atoms with van der Waals surface area (Å²) < 4.78 is 23.9. The fourth-order valence-electron chi connectivity index (χ4n) is 8.39. The van der Waals surface area contributed by atoms with Crippen molar-refractivity contribution in [2.24, 2.45) is 0 Å². The van der Waals surface area contributed by atoms with Gasteiger partial charge in [0.25, 0.3) is 0 Å². The van der Waals surface area contributed by atoms with Crippen LogP contribution in [-0.2, 0) is 9.47 Å². The van der Waals surface area contributed by atoms with Crippen LogP contribution in [0.2, 0.25) is 0 Å². The highest BCUT2D eigenvalue weighted by Crippen LogP contribution is 2.37. The molecular weight excluding hydrogens is 792 g/mol. The van der Waals surface area contributed by atoms with Crippen molar-refractivity contribution >= 4 is 57.5 Å². The molecule has 0 aromatic heterocycles. The van der Waals surface area contributed by atoms with Gasteiger partial charge in [-0.2, -0.15) is 0 Å². The van der Waals surface area contributed by atoms with Gasteiger partial charge in [0, 0.05) is 111 Å². The normalized spacial score (nSPS) is 18.2. The minimum Gasteiger partial charge on any atom is -0.490 e. The molecule has 0 spiro atoms. The molecule has 4 heterocycles. The van der Waals surface area contributed by atoms with E-state index in [9.17, 15) is 9.59 Å². The lowest BCUT2D eigenvalue weighted by Gasteiger charge is -2.37. The molecule has 4 saturated heterocycles. The summed E-state index contributed by atoms with van der Waals surface area (Å²) in [5.41, 5.74) is 1.49. The lowest BCUT2D eigenvalue weighted by atomic mass is 10.0. The summed E-state index contributed by atoms with van der Waals surface area (Å²) in [6.45, 7) is 21.7. The van der Waals surface area contributed by atoms with Gasteiger partial charge in [0.05, 0.1) is 0 Å². The zero-order valence-corrected chi connectivity index (χ0v) is 37.9. The lowest BCUT2D eigenvalue weighted by molar-refractivity contribution is 0.0127. The van der Waals surface area contributed by atoms with Crippen LogP contribution in [0.1, 0.15) is 67.2 Å². The number of anilines is 2. The summed E-state index contributed by atoms with van der Waals surface area (Å²) in [6, 6.07) is 25.5. The predicted octanol–water partition coefficient (Wildman–Crippen LogP) is 8.48. The van der Waals surface area contributed by atoms with E-state index in [0.717, 1.165) is 106 Å². The van der Waals surface area contributed by atoms with Crippen molar-refractivity contribution in [3.05, 3.63) is 72.8 Å². The molecule has 8 rings (SSSR count). The van der Waals surface area contributed by atoms with Crippen LogP contribution in [-0.4, -0.2) is 124 Å². The van der Waals surface area contributed by atoms with E-state index in [1.807, 2.05) is 53.7 Å². The average Bonchev–Trinajstić information content (AvgIpc) is 3.24. The molecule has 0 radical (unpaired) electrons. The number of amides is 2. The van der Waals surface area contributed by atoms with Gasteiger partial charge in [-0.15, -0.1) is 12.4 Å². The number of piperidine rings is 2. The first-order valence-electron chi connectivity index (χ1n) is 22.1. The highest BCUT2D eigenvalue weighted by Gasteiger charge is 2.30. The van der Waals surface area contributed by atoms with Crippen LogP contribution < -0.4 is 29.9 Å². The molecule has 4 fully saturated rings. The van der Waals surface area contributed by atoms with Crippen molar-refractivity contribution in [3.63, 3.8) is 0 Å². The topological polar surface area (TPSA) is 108 Å². The van der Waals surface area contributed by atoms with Gasteiger partial charge < -0.3 is 49.2 Å². The molecule has 0 atom stereocenters. The fourth-order valence-corrected chi connectivity index (χ4v) is 8.39. The van der Waals surface area contributed by atoms with E-state index < -0.39 is 11.2 Å². The third kappa shape index (κ3) is 12.3. The minimum atomic E-state index is -0.493. The van der Waals surface area contributed by atoms with Crippen molar-refractivity contribution in [1.82, 2.24) is 20.4 Å². The Hall–Kier alpha value is -4.65. The number of benzene rings is 4. The zero-order chi connectivity index (χ0) is 42.3. The minimum absolute atomic E-state index is 0. The fraction of sp³-hybridized carbons (Fsp3) is 0.542. The van der Waals surface area contributed by atoms with E-state index in [1.165, 1.54) is 16.5 Å². The van der Waals surface area contributed by atoms with Crippen LogP contribution in [0.25, 0.3) is 21.5 Å². The number of likely N-dealkylation sites (tertiary alicyclic amines) is 1. The van der Waals surface area contributed by atoms with Crippen LogP contribution in [0.15, 0.2) is 72.8 Å². The first-order chi connectivity index (χ1) is 28.8. The SMILES string of the molecule is CC(C)(C)OC(=O)N1CCC(Oc2ccc(N3CCN(C(=O)OC(C)(C)C)CC3)c3ccccc23)CC1.Cl.c1ccc2c(N3CCNCC3)ccc(OC3CCNCC3)c2c1. The van der Waals surface area contributed by atoms with E-state index in [0.29, 0.717) is 32.3 Å². The Morgan fingerprint density at radius 1 is 0.492 bits per heavy atom. The Balaban J connectivity index is 0.000000222. The number of carbonyl (C=O) groups excluding carboxylic acids is 2. The number of piperazine rings is 2. The molecule has 4 aliphatic heterocycles. The highest BCUT2D eigenvalue weighted by molar-refractivity contribution is 5.99. The van der Waals surface area contributed by atoms with E-state index in [1.54, 1.807) is 9.80 Å². The van der Waals surface area contributed by atoms with Crippen molar-refractivity contribution in [1.29, 1.82) is 0 Å². The van der Waals surface area contributed by atoms with Crippen LogP contribution in [0, 0.1) is 0 Å². The molecule has 4 aromatic carbocycles. The van der Waals surface area contributed by atoms with E-state index in [2.05, 4.69) is 81.1 Å². The molecule has 12 nitrogen and oxygen atoms in total. The third-order valence-electron chi connectivity index (χ3n) is 11.4. The van der Waals surface area contributed by atoms with Gasteiger partial charge in [-0.1, -0.05) is 48.5 Å². The summed E-state index contributed by atoms with van der Waals surface area (Å²) in [4.78, 5) is 33.2. The summed E-state index contributed by atoms with van der Waals surface area (Å²) in [7, 11) is 0. The molecule has 61 heavy (non-hydrogen) atoms. The standard InChI is InChI=1S/C29H41N3O5.C19H25N3O.ClH/c1-28(2,3)36-26(33)31-15-13-21(14-16-31)35-25-12-11-24(22-9-7-8-10-23(22)25)30-17-19-32(20-18-30)27(34)37-29(4,5)6;1-2-4-17-16(3-1)18(22-13-11-21-12-14-22)5-6-19(17)23-15-7-9-20-10-8-15;/h7-12,21H,13-20H2,1-6H3;1-6,15,20-21H,7-14H2;1H. The molecule has 0 aliphatic carbocycles. The number of hydrogen-bond donors (Lipinski definition) is 2. The van der Waals surface area contributed by atoms with Gasteiger partial charge in [0.1, 0.15) is 34.9 Å². The number of hydrogen-bond acceptors (Lipinski definition) is 10. The van der Waals surface area contributed by atoms with Crippen LogP contribution >= 0.6 is 12.4 Å². The largest absolute Gasteiger partial charge is 0.490 e. The van der Waals surface area contributed by atoms with E-state index >= 15 is 0 Å². The van der Waals surface area contributed by atoms with Crippen LogP contribution in [0.5, 0.6) is 11.5 Å². The number of fused-ring (bicyclic) bond motifs is 2. The summed E-state index contributed by atoms with van der Waals surface area (Å²) in [5.74, 6) is 1.90. The number of rotatable bonds is 6. The van der Waals surface area contributed by atoms with Gasteiger partial charge in [0.15, 0.2) is 0 Å². The van der Waals surface area contributed by atoms with Crippen LogP contribution in [0.4, 0.5) is 21.0 Å². The highest BCUT2D eigenvalue weighted by atomic mass is 35.5. The van der Waals surface area contributed by atoms with Crippen LogP contribution in [0.3, 0.4) is 0 Å². The monoisotopic (exact) mass is 858 g/mol. The van der Waals surface area contributed by atoms with E-state index in [4.69, 9.17) is 18.9 Å². The van der Waals surface area contributed by atoms with Gasteiger partial charge in [0.2, 0.25) is 0 Å². The Morgan fingerprint density at radius 3 is 1.34 bits per heavy atom. The second kappa shape index (κ2) is 20.5. The maximum Gasteiger partial charge on any atom is 0.410 e. The molecule has 4 aliphatic rings. The summed E-state index contributed by atoms with van der Waals surface area (Å²) >= 11 is 0. The number of halogens is 1. The van der Waals surface area contributed by atoms with Gasteiger partial charge in [-0.3, -0.25) is 0 Å². The Labute approximate surface area is 368 Å². The number of ether oxygens (including phenoxy) is 4. The predicted molar refractivity (Wildman–Crippen MR) is 248 cm³/mol. The average molecular weight is 860 g/mol. The third-order valence-corrected chi connectivity index (χ3v) is 11.4. The van der Waals surface area contributed by atoms with Gasteiger partial charge in [-0.25, -0.2) is 9.59 Å². The molecule has 0 saturated carbocycles. The molecule has 2 N–H and O–H groups in total. The number of nitrogens with zero attached hydrogens (tertiary/aromatic N) is 4. The summed E-state index contributed by atoms with van der Waals surface area (Å²) in [5, 5.41) is 11.6. The lowest BCUT2D eigenvalue weighted by Crippen LogP contribution is -2.50.